The zero-order chi connectivity index (χ0) is 18.7. The van der Waals surface area contributed by atoms with E-state index >= 15 is 0 Å². The first-order chi connectivity index (χ1) is 13.2. The molecule has 0 fully saturated rings. The molecule has 2 aromatic rings. The Hall–Kier alpha value is -1.72. The van der Waals surface area contributed by atoms with Gasteiger partial charge in [0, 0.05) is 0 Å². The van der Waals surface area contributed by atoms with E-state index in [0.717, 1.165) is 0 Å². The zero-order valence-electron chi connectivity index (χ0n) is 16.4. The maximum absolute atomic E-state index is 2.90. The summed E-state index contributed by atoms with van der Waals surface area (Å²) >= 11 is -2.90. The van der Waals surface area contributed by atoms with Crippen LogP contribution < -0.4 is 0 Å². The number of hydrogen-bond donors (Lipinski definition) is 0. The van der Waals surface area contributed by atoms with E-state index in [2.05, 4.69) is 98.8 Å². The molecule has 0 saturated carbocycles. The summed E-state index contributed by atoms with van der Waals surface area (Å²) in [6.07, 6.45) is 11.9. The van der Waals surface area contributed by atoms with Crippen LogP contribution in [0.5, 0.6) is 0 Å². The molecule has 0 atom stereocenters. The van der Waals surface area contributed by atoms with Gasteiger partial charge in [-0.3, -0.25) is 0 Å². The third kappa shape index (κ3) is 3.81. The van der Waals surface area contributed by atoms with Crippen LogP contribution in [0.15, 0.2) is 103 Å². The van der Waals surface area contributed by atoms with Crippen molar-refractivity contribution in [1.82, 2.24) is 0 Å². The van der Waals surface area contributed by atoms with Gasteiger partial charge >= 0.3 is 169 Å². The van der Waals surface area contributed by atoms with Crippen LogP contribution in [-0.4, -0.2) is 0 Å². The van der Waals surface area contributed by atoms with Gasteiger partial charge in [-0.15, -0.1) is 0 Å². The number of allylic oxidation sites excluding steroid dienone is 8. The van der Waals surface area contributed by atoms with Gasteiger partial charge in [0.25, 0.3) is 0 Å². The van der Waals surface area contributed by atoms with Gasteiger partial charge in [0.1, 0.15) is 0 Å². The van der Waals surface area contributed by atoms with Crippen LogP contribution in [0, 0.1) is 0 Å². The van der Waals surface area contributed by atoms with Crippen molar-refractivity contribution < 1.29 is 20.3 Å². The Bertz CT molecular complexity index is 847. The molecule has 1 heteroatoms. The molecule has 4 rings (SSSR count). The second kappa shape index (κ2) is 8.11. The first-order valence-corrected chi connectivity index (χ1v) is 15.9. The quantitative estimate of drug-likeness (QED) is 0.461. The van der Waals surface area contributed by atoms with Gasteiger partial charge in [0.2, 0.25) is 0 Å². The topological polar surface area (TPSA) is 0 Å². The molecule has 0 amide bonds. The standard InChI is InChI=1S/2C7H7.2C6H7.Zr/c2*1-7-5-3-2-4-6-7;2*1-6-4-2-3-5-6;/h2*2-6H,1H2;2*2,4H,3H2,1H3;. The first kappa shape index (κ1) is 18.6. The monoisotopic (exact) mass is 430 g/mol. The predicted molar refractivity (Wildman–Crippen MR) is 113 cm³/mol. The molecule has 0 N–H and O–H groups in total. The third-order valence-corrected chi connectivity index (χ3v) is 19.8. The van der Waals surface area contributed by atoms with Gasteiger partial charge < -0.3 is 0 Å². The molecule has 27 heavy (non-hydrogen) atoms. The van der Waals surface area contributed by atoms with E-state index in [-0.39, 0.29) is 0 Å². The van der Waals surface area contributed by atoms with Crippen LogP contribution in [0.3, 0.4) is 0 Å². The van der Waals surface area contributed by atoms with E-state index in [1.165, 1.54) is 32.2 Å². The Kier molecular flexibility index (Phi) is 5.60. The fourth-order valence-corrected chi connectivity index (χ4v) is 19.4. The molecule has 0 bridgehead atoms. The first-order valence-electron chi connectivity index (χ1n) is 10.0. The molecule has 0 radical (unpaired) electrons. The van der Waals surface area contributed by atoms with Crippen molar-refractivity contribution in [3.63, 3.8) is 0 Å². The van der Waals surface area contributed by atoms with Crippen LogP contribution in [-0.2, 0) is 28.5 Å². The molecule has 0 aliphatic heterocycles. The average molecular weight is 432 g/mol. The van der Waals surface area contributed by atoms with Crippen molar-refractivity contribution in [1.29, 1.82) is 0 Å². The van der Waals surface area contributed by atoms with Gasteiger partial charge in [-0.25, -0.2) is 0 Å². The summed E-state index contributed by atoms with van der Waals surface area (Å²) in [6.45, 7) is 4.69. The van der Waals surface area contributed by atoms with E-state index < -0.39 is 20.3 Å². The second-order valence-electron chi connectivity index (χ2n) is 7.94. The predicted octanol–water partition coefficient (Wildman–Crippen LogP) is 7.01. The van der Waals surface area contributed by atoms with E-state index in [4.69, 9.17) is 0 Å². The molecule has 2 aromatic carbocycles. The number of benzene rings is 2. The summed E-state index contributed by atoms with van der Waals surface area (Å²) in [5, 5.41) is 0. The average Bonchev–Trinajstić information content (AvgIpc) is 3.31. The van der Waals surface area contributed by atoms with E-state index in [0.29, 0.717) is 0 Å². The SMILES string of the molecule is CC1=[C]([Zr]([CH2]c2ccccc2)([CH2]c2ccccc2)[C]2=C(C)C=CC2)CC=C1. The summed E-state index contributed by atoms with van der Waals surface area (Å²) in [7, 11) is 0. The summed E-state index contributed by atoms with van der Waals surface area (Å²) in [6, 6.07) is 22.5. The molecule has 0 spiro atoms. The van der Waals surface area contributed by atoms with E-state index in [1.54, 1.807) is 11.1 Å². The van der Waals surface area contributed by atoms with Crippen LogP contribution >= 0.6 is 0 Å². The molecule has 2 aliphatic carbocycles. The number of rotatable bonds is 6. The van der Waals surface area contributed by atoms with Crippen LogP contribution in [0.1, 0.15) is 37.8 Å². The Morgan fingerprint density at radius 2 is 1.04 bits per heavy atom. The summed E-state index contributed by atoms with van der Waals surface area (Å²) in [5.74, 6) is 0. The van der Waals surface area contributed by atoms with Gasteiger partial charge in [-0.2, -0.15) is 0 Å². The van der Waals surface area contributed by atoms with Crippen LogP contribution in [0.4, 0.5) is 0 Å². The van der Waals surface area contributed by atoms with E-state index in [1.807, 2.05) is 6.56 Å². The fraction of sp³-hybridized carbons (Fsp3) is 0.231. The fourth-order valence-electron chi connectivity index (χ4n) is 4.94. The Labute approximate surface area is 168 Å². The van der Waals surface area contributed by atoms with Crippen molar-refractivity contribution >= 4 is 0 Å². The Morgan fingerprint density at radius 3 is 1.37 bits per heavy atom. The molecular weight excluding hydrogens is 404 g/mol. The minimum absolute atomic E-state index is 1.17. The second-order valence-corrected chi connectivity index (χ2v) is 18.0. The minimum atomic E-state index is -2.90. The Morgan fingerprint density at radius 1 is 0.630 bits per heavy atom. The molecule has 0 unspecified atom stereocenters. The van der Waals surface area contributed by atoms with E-state index in [9.17, 15) is 0 Å². The summed E-state index contributed by atoms with van der Waals surface area (Å²) in [5.41, 5.74) is 6.13. The van der Waals surface area contributed by atoms with Crippen molar-refractivity contribution in [3.05, 3.63) is 114 Å². The maximum atomic E-state index is 2.39. The van der Waals surface area contributed by atoms with Crippen molar-refractivity contribution in [3.8, 4) is 0 Å². The zero-order valence-corrected chi connectivity index (χ0v) is 18.9. The summed E-state index contributed by atoms with van der Waals surface area (Å²) in [4.78, 5) is 0. The molecule has 2 aliphatic rings. The van der Waals surface area contributed by atoms with Crippen molar-refractivity contribution in [2.24, 2.45) is 0 Å². The van der Waals surface area contributed by atoms with Gasteiger partial charge in [-0.1, -0.05) is 0 Å². The molecular formula is C26H28Zr. The molecule has 136 valence electrons. The van der Waals surface area contributed by atoms with Crippen molar-refractivity contribution in [2.45, 2.75) is 34.9 Å². The molecule has 0 heterocycles. The number of hydrogen-bond acceptors (Lipinski definition) is 0. The normalized spacial score (nSPS) is 16.7. The van der Waals surface area contributed by atoms with Gasteiger partial charge in [-0.05, 0) is 0 Å². The van der Waals surface area contributed by atoms with Crippen LogP contribution in [0.25, 0.3) is 0 Å². The molecule has 0 nitrogen and oxygen atoms in total. The van der Waals surface area contributed by atoms with Crippen molar-refractivity contribution in [2.75, 3.05) is 0 Å². The van der Waals surface area contributed by atoms with Gasteiger partial charge in [0.05, 0.1) is 0 Å². The molecule has 0 saturated heterocycles. The Balaban J connectivity index is 1.88. The summed E-state index contributed by atoms with van der Waals surface area (Å²) < 4.78 is 6.17. The molecule has 0 aromatic heterocycles. The third-order valence-electron chi connectivity index (χ3n) is 6.18. The van der Waals surface area contributed by atoms with Crippen LogP contribution in [0.2, 0.25) is 0 Å². The van der Waals surface area contributed by atoms with Gasteiger partial charge in [0.15, 0.2) is 0 Å².